The highest BCUT2D eigenvalue weighted by Gasteiger charge is 2.53. The number of rotatable bonds is 7. The first-order valence-corrected chi connectivity index (χ1v) is 10.7. The van der Waals surface area contributed by atoms with Gasteiger partial charge in [0.25, 0.3) is 0 Å². The molecule has 0 atom stereocenters. The number of piperidine rings is 1. The highest BCUT2D eigenvalue weighted by atomic mass is 19.1. The van der Waals surface area contributed by atoms with Crippen LogP contribution < -0.4 is 0 Å². The maximum Gasteiger partial charge on any atom is 0.148 e. The average molecular weight is 352 g/mol. The molecule has 1 spiro atoms. The lowest BCUT2D eigenvalue weighted by Crippen LogP contribution is -2.69. The Labute approximate surface area is 153 Å². The smallest absolute Gasteiger partial charge is 0.148 e. The number of halogens is 1. The summed E-state index contributed by atoms with van der Waals surface area (Å²) in [5, 5.41) is 0. The van der Waals surface area contributed by atoms with E-state index in [4.69, 9.17) is 0 Å². The SMILES string of the molecule is CCCC1(CN2CC(F)(CN3CC4(CCN(C(C)C)CC4)C3)C2)CC1. The lowest BCUT2D eigenvalue weighted by Gasteiger charge is -2.57. The summed E-state index contributed by atoms with van der Waals surface area (Å²) in [6.45, 7) is 14.8. The Hall–Kier alpha value is -0.190. The van der Waals surface area contributed by atoms with Gasteiger partial charge in [-0.2, -0.15) is 0 Å². The Morgan fingerprint density at radius 3 is 2.00 bits per heavy atom. The van der Waals surface area contributed by atoms with Crippen molar-refractivity contribution in [2.45, 2.75) is 71.0 Å². The quantitative estimate of drug-likeness (QED) is 0.696. The van der Waals surface area contributed by atoms with Crippen LogP contribution in [0.15, 0.2) is 0 Å². The maximum absolute atomic E-state index is 15.0. The van der Waals surface area contributed by atoms with Gasteiger partial charge in [0.15, 0.2) is 0 Å². The van der Waals surface area contributed by atoms with Crippen LogP contribution in [-0.4, -0.2) is 78.8 Å². The fourth-order valence-corrected chi connectivity index (χ4v) is 5.88. The Balaban J connectivity index is 1.17. The summed E-state index contributed by atoms with van der Waals surface area (Å²) in [5.41, 5.74) is 0.161. The van der Waals surface area contributed by atoms with Crippen molar-refractivity contribution < 1.29 is 4.39 Å². The standard InChI is InChI=1S/C21H38FN3/c1-4-5-19(6-7-19)12-24-16-21(22,17-24)15-23-13-20(14-23)8-10-25(11-9-20)18(2)3/h18H,4-17H2,1-3H3. The number of likely N-dealkylation sites (tertiary alicyclic amines) is 3. The minimum Gasteiger partial charge on any atom is -0.301 e. The molecule has 0 amide bonds. The van der Waals surface area contributed by atoms with E-state index in [9.17, 15) is 0 Å². The van der Waals surface area contributed by atoms with Crippen LogP contribution in [-0.2, 0) is 0 Å². The maximum atomic E-state index is 15.0. The first kappa shape index (κ1) is 18.2. The van der Waals surface area contributed by atoms with Crippen LogP contribution in [0.3, 0.4) is 0 Å². The van der Waals surface area contributed by atoms with Crippen molar-refractivity contribution in [2.75, 3.05) is 52.4 Å². The van der Waals surface area contributed by atoms with Gasteiger partial charge in [0.2, 0.25) is 0 Å². The zero-order chi connectivity index (χ0) is 17.7. The van der Waals surface area contributed by atoms with E-state index in [1.165, 1.54) is 51.6 Å². The first-order valence-electron chi connectivity index (χ1n) is 10.7. The molecule has 0 aromatic heterocycles. The molecule has 3 heterocycles. The Kier molecular flexibility index (Phi) is 4.70. The zero-order valence-electron chi connectivity index (χ0n) is 16.7. The minimum atomic E-state index is -0.928. The molecule has 4 rings (SSSR count). The van der Waals surface area contributed by atoms with Gasteiger partial charge in [-0.1, -0.05) is 13.3 Å². The molecule has 3 nitrogen and oxygen atoms in total. The van der Waals surface area contributed by atoms with Gasteiger partial charge in [0.1, 0.15) is 5.67 Å². The third-order valence-corrected chi connectivity index (χ3v) is 7.52. The van der Waals surface area contributed by atoms with Crippen molar-refractivity contribution in [2.24, 2.45) is 10.8 Å². The summed E-state index contributed by atoms with van der Waals surface area (Å²) in [6, 6.07) is 0.672. The third-order valence-electron chi connectivity index (χ3n) is 7.52. The normalized spacial score (nSPS) is 31.1. The Morgan fingerprint density at radius 2 is 1.48 bits per heavy atom. The van der Waals surface area contributed by atoms with Gasteiger partial charge < -0.3 is 4.90 Å². The fraction of sp³-hybridized carbons (Fsp3) is 1.00. The monoisotopic (exact) mass is 351 g/mol. The van der Waals surface area contributed by atoms with Crippen molar-refractivity contribution in [3.05, 3.63) is 0 Å². The van der Waals surface area contributed by atoms with Crippen LogP contribution in [0, 0.1) is 10.8 Å². The molecule has 3 aliphatic heterocycles. The van der Waals surface area contributed by atoms with Crippen LogP contribution in [0.2, 0.25) is 0 Å². The van der Waals surface area contributed by atoms with E-state index in [-0.39, 0.29) is 0 Å². The number of hydrogen-bond donors (Lipinski definition) is 0. The molecule has 0 bridgehead atoms. The molecule has 0 N–H and O–H groups in total. The number of nitrogens with zero attached hydrogens (tertiary/aromatic N) is 3. The van der Waals surface area contributed by atoms with Crippen molar-refractivity contribution in [1.29, 1.82) is 0 Å². The van der Waals surface area contributed by atoms with E-state index in [2.05, 4.69) is 35.5 Å². The number of hydrogen-bond acceptors (Lipinski definition) is 3. The molecule has 4 fully saturated rings. The molecular formula is C21H38FN3. The molecule has 0 aromatic rings. The molecule has 0 unspecified atom stereocenters. The van der Waals surface area contributed by atoms with Crippen LogP contribution >= 0.6 is 0 Å². The summed E-state index contributed by atoms with van der Waals surface area (Å²) in [5.74, 6) is 0. The zero-order valence-corrected chi connectivity index (χ0v) is 16.7. The van der Waals surface area contributed by atoms with E-state index >= 15 is 4.39 Å². The van der Waals surface area contributed by atoms with Crippen LogP contribution in [0.5, 0.6) is 0 Å². The Bertz CT molecular complexity index is 466. The Morgan fingerprint density at radius 1 is 0.880 bits per heavy atom. The van der Waals surface area contributed by atoms with Crippen LogP contribution in [0.1, 0.15) is 59.3 Å². The first-order chi connectivity index (χ1) is 11.9. The summed E-state index contributed by atoms with van der Waals surface area (Å²) in [4.78, 5) is 7.39. The van der Waals surface area contributed by atoms with Crippen LogP contribution in [0.4, 0.5) is 4.39 Å². The highest BCUT2D eigenvalue weighted by Crippen LogP contribution is 2.51. The van der Waals surface area contributed by atoms with Crippen LogP contribution in [0.25, 0.3) is 0 Å². The second-order valence-electron chi connectivity index (χ2n) is 10.3. The molecular weight excluding hydrogens is 313 g/mol. The summed E-state index contributed by atoms with van der Waals surface area (Å²) >= 11 is 0. The topological polar surface area (TPSA) is 9.72 Å². The van der Waals surface area contributed by atoms with E-state index in [0.29, 0.717) is 36.5 Å². The molecule has 3 saturated heterocycles. The van der Waals surface area contributed by atoms with Gasteiger partial charge in [0.05, 0.1) is 0 Å². The van der Waals surface area contributed by atoms with Gasteiger partial charge in [-0.05, 0) is 69.9 Å². The van der Waals surface area contributed by atoms with Crippen molar-refractivity contribution >= 4 is 0 Å². The second-order valence-corrected chi connectivity index (χ2v) is 10.3. The van der Waals surface area contributed by atoms with Gasteiger partial charge in [-0.25, -0.2) is 4.39 Å². The molecule has 0 radical (unpaired) electrons. The molecule has 25 heavy (non-hydrogen) atoms. The highest BCUT2D eigenvalue weighted by molar-refractivity contribution is 5.07. The predicted molar refractivity (Wildman–Crippen MR) is 102 cm³/mol. The summed E-state index contributed by atoms with van der Waals surface area (Å²) in [7, 11) is 0. The fourth-order valence-electron chi connectivity index (χ4n) is 5.88. The third kappa shape index (κ3) is 3.77. The van der Waals surface area contributed by atoms with Gasteiger partial charge in [-0.3, -0.25) is 9.80 Å². The van der Waals surface area contributed by atoms with Gasteiger partial charge in [0, 0.05) is 45.3 Å². The summed E-state index contributed by atoms with van der Waals surface area (Å²) < 4.78 is 15.0. The van der Waals surface area contributed by atoms with E-state index in [1.807, 2.05) is 0 Å². The van der Waals surface area contributed by atoms with E-state index in [1.54, 1.807) is 0 Å². The molecule has 0 aromatic carbocycles. The van der Waals surface area contributed by atoms with Crippen molar-refractivity contribution in [1.82, 2.24) is 14.7 Å². The molecule has 1 aliphatic carbocycles. The van der Waals surface area contributed by atoms with Crippen molar-refractivity contribution in [3.63, 3.8) is 0 Å². The molecule has 4 heteroatoms. The van der Waals surface area contributed by atoms with Crippen molar-refractivity contribution in [3.8, 4) is 0 Å². The molecule has 1 saturated carbocycles. The average Bonchev–Trinajstić information content (AvgIpc) is 3.24. The lowest BCUT2D eigenvalue weighted by molar-refractivity contribution is -0.113. The van der Waals surface area contributed by atoms with E-state index < -0.39 is 5.67 Å². The second kappa shape index (κ2) is 6.45. The lowest BCUT2D eigenvalue weighted by atomic mass is 9.71. The summed E-state index contributed by atoms with van der Waals surface area (Å²) in [6.07, 6.45) is 7.99. The van der Waals surface area contributed by atoms with Gasteiger partial charge in [-0.15, -0.1) is 0 Å². The molecule has 4 aliphatic rings. The predicted octanol–water partition coefficient (Wildman–Crippen LogP) is 3.40. The van der Waals surface area contributed by atoms with E-state index in [0.717, 1.165) is 19.6 Å². The number of alkyl halides is 1. The molecule has 144 valence electrons. The van der Waals surface area contributed by atoms with Gasteiger partial charge >= 0.3 is 0 Å². The largest absolute Gasteiger partial charge is 0.301 e. The minimum absolute atomic E-state index is 0.518.